The molecule has 0 aliphatic carbocycles. The fraction of sp³-hybridized carbons (Fsp3) is 0. The lowest BCUT2D eigenvalue weighted by Gasteiger charge is -2.26. The second-order valence-corrected chi connectivity index (χ2v) is 11.6. The molecular formula is C43H28N2O2. The third kappa shape index (κ3) is 4.84. The number of furan rings is 1. The second kappa shape index (κ2) is 11.2. The Bertz CT molecular complexity index is 2500. The van der Waals surface area contributed by atoms with Gasteiger partial charge in [-0.1, -0.05) is 103 Å². The van der Waals surface area contributed by atoms with Crippen LogP contribution in [0.25, 0.3) is 66.7 Å². The van der Waals surface area contributed by atoms with E-state index in [-0.39, 0.29) is 0 Å². The number of hydrogen-bond donors (Lipinski definition) is 0. The molecule has 0 saturated heterocycles. The quantitative estimate of drug-likeness (QED) is 0.189. The minimum Gasteiger partial charge on any atom is -0.456 e. The number of rotatable bonds is 6. The average Bonchev–Trinajstić information content (AvgIpc) is 3.72. The molecule has 222 valence electrons. The Kier molecular flexibility index (Phi) is 6.43. The summed E-state index contributed by atoms with van der Waals surface area (Å²) in [6.45, 7) is 0. The van der Waals surface area contributed by atoms with Gasteiger partial charge in [-0.15, -0.1) is 0 Å². The predicted octanol–water partition coefficient (Wildman–Crippen LogP) is 12.2. The first-order valence-electron chi connectivity index (χ1n) is 15.7. The molecule has 0 unspecified atom stereocenters. The predicted molar refractivity (Wildman–Crippen MR) is 192 cm³/mol. The Balaban J connectivity index is 1.14. The van der Waals surface area contributed by atoms with Gasteiger partial charge in [0.1, 0.15) is 16.7 Å². The zero-order chi connectivity index (χ0) is 31.2. The number of anilines is 3. The van der Waals surface area contributed by atoms with Crippen molar-refractivity contribution >= 4 is 50.1 Å². The maximum Gasteiger partial charge on any atom is 0.227 e. The molecule has 0 aliphatic rings. The second-order valence-electron chi connectivity index (χ2n) is 11.6. The van der Waals surface area contributed by atoms with E-state index in [1.165, 1.54) is 22.3 Å². The van der Waals surface area contributed by atoms with E-state index in [0.717, 1.165) is 55.7 Å². The molecule has 7 aromatic carbocycles. The van der Waals surface area contributed by atoms with Gasteiger partial charge in [0.2, 0.25) is 5.89 Å². The number of benzene rings is 7. The normalized spacial score (nSPS) is 11.4. The molecule has 0 fully saturated rings. The third-order valence-electron chi connectivity index (χ3n) is 8.70. The van der Waals surface area contributed by atoms with Gasteiger partial charge in [-0.25, -0.2) is 4.98 Å². The van der Waals surface area contributed by atoms with Crippen LogP contribution in [0.3, 0.4) is 0 Å². The molecule has 0 N–H and O–H groups in total. The zero-order valence-electron chi connectivity index (χ0n) is 25.4. The lowest BCUT2D eigenvalue weighted by Crippen LogP contribution is -2.09. The highest BCUT2D eigenvalue weighted by molar-refractivity contribution is 6.10. The first-order valence-corrected chi connectivity index (χ1v) is 15.7. The van der Waals surface area contributed by atoms with Gasteiger partial charge in [0, 0.05) is 39.5 Å². The lowest BCUT2D eigenvalue weighted by molar-refractivity contribution is 0.620. The number of fused-ring (bicyclic) bond motifs is 4. The summed E-state index contributed by atoms with van der Waals surface area (Å²) in [7, 11) is 0. The Morgan fingerprint density at radius 1 is 0.383 bits per heavy atom. The zero-order valence-corrected chi connectivity index (χ0v) is 25.4. The van der Waals surface area contributed by atoms with Crippen LogP contribution in [0.4, 0.5) is 17.1 Å². The molecule has 0 atom stereocenters. The topological polar surface area (TPSA) is 42.4 Å². The van der Waals surface area contributed by atoms with Crippen LogP contribution < -0.4 is 4.90 Å². The van der Waals surface area contributed by atoms with Crippen molar-refractivity contribution in [1.82, 2.24) is 4.98 Å². The average molecular weight is 605 g/mol. The number of oxazole rings is 1. The van der Waals surface area contributed by atoms with Gasteiger partial charge in [-0.05, 0) is 82.9 Å². The van der Waals surface area contributed by atoms with Crippen molar-refractivity contribution in [3.05, 3.63) is 170 Å². The molecule has 2 aromatic heterocycles. The van der Waals surface area contributed by atoms with Crippen molar-refractivity contribution in [2.24, 2.45) is 0 Å². The van der Waals surface area contributed by atoms with Crippen molar-refractivity contribution in [3.8, 4) is 33.7 Å². The van der Waals surface area contributed by atoms with Crippen LogP contribution in [0.5, 0.6) is 0 Å². The summed E-state index contributed by atoms with van der Waals surface area (Å²) in [5.41, 5.74) is 12.0. The van der Waals surface area contributed by atoms with Gasteiger partial charge < -0.3 is 13.7 Å². The monoisotopic (exact) mass is 604 g/mol. The Labute approximate surface area is 271 Å². The molecule has 0 radical (unpaired) electrons. The molecule has 0 spiro atoms. The standard InChI is InChI=1S/C43H28N2O2/c1-4-12-29(13-5-1)35-18-10-11-19-36(35)30-20-22-33(23-21-30)45(32-16-8-3-9-17-32)34-24-25-40-37(26-34)38-27-42-39(28-41(38)46-40)44-43(47-42)31-14-6-2-7-15-31/h1-28H. The minimum atomic E-state index is 0.600. The highest BCUT2D eigenvalue weighted by atomic mass is 16.4. The molecule has 4 heteroatoms. The van der Waals surface area contributed by atoms with Crippen molar-refractivity contribution in [2.75, 3.05) is 4.90 Å². The fourth-order valence-corrected chi connectivity index (χ4v) is 6.45. The Morgan fingerprint density at radius 3 is 1.64 bits per heavy atom. The largest absolute Gasteiger partial charge is 0.456 e. The van der Waals surface area contributed by atoms with E-state index >= 15 is 0 Å². The van der Waals surface area contributed by atoms with Crippen LogP contribution in [0.15, 0.2) is 179 Å². The summed E-state index contributed by atoms with van der Waals surface area (Å²) in [6.07, 6.45) is 0. The smallest absolute Gasteiger partial charge is 0.227 e. The summed E-state index contributed by atoms with van der Waals surface area (Å²) in [4.78, 5) is 7.03. The Morgan fingerprint density at radius 2 is 0.936 bits per heavy atom. The summed E-state index contributed by atoms with van der Waals surface area (Å²) >= 11 is 0. The van der Waals surface area contributed by atoms with Crippen LogP contribution in [0.1, 0.15) is 0 Å². The van der Waals surface area contributed by atoms with Crippen LogP contribution in [0.2, 0.25) is 0 Å². The molecular weight excluding hydrogens is 576 g/mol. The van der Waals surface area contributed by atoms with E-state index < -0.39 is 0 Å². The van der Waals surface area contributed by atoms with E-state index in [4.69, 9.17) is 13.8 Å². The maximum atomic E-state index is 6.33. The van der Waals surface area contributed by atoms with Crippen LogP contribution in [-0.2, 0) is 0 Å². The summed E-state index contributed by atoms with van der Waals surface area (Å²) < 4.78 is 12.6. The summed E-state index contributed by atoms with van der Waals surface area (Å²) in [5, 5.41) is 2.01. The van der Waals surface area contributed by atoms with Gasteiger partial charge in [0.25, 0.3) is 0 Å². The van der Waals surface area contributed by atoms with Crippen LogP contribution >= 0.6 is 0 Å². The molecule has 0 amide bonds. The van der Waals surface area contributed by atoms with Gasteiger partial charge in [0.15, 0.2) is 5.58 Å². The highest BCUT2D eigenvalue weighted by Crippen LogP contribution is 2.41. The molecule has 0 aliphatic heterocycles. The highest BCUT2D eigenvalue weighted by Gasteiger charge is 2.18. The molecule has 47 heavy (non-hydrogen) atoms. The summed E-state index contributed by atoms with van der Waals surface area (Å²) in [6, 6.07) is 58.8. The van der Waals surface area contributed by atoms with Gasteiger partial charge in [-0.3, -0.25) is 0 Å². The first kappa shape index (κ1) is 27.0. The van der Waals surface area contributed by atoms with Crippen molar-refractivity contribution in [2.45, 2.75) is 0 Å². The van der Waals surface area contributed by atoms with Gasteiger partial charge >= 0.3 is 0 Å². The maximum absolute atomic E-state index is 6.33. The van der Waals surface area contributed by atoms with Crippen LogP contribution in [-0.4, -0.2) is 4.98 Å². The Hall–Kier alpha value is -6.39. The van der Waals surface area contributed by atoms with Gasteiger partial charge in [-0.2, -0.15) is 0 Å². The van der Waals surface area contributed by atoms with Gasteiger partial charge in [0.05, 0.1) is 0 Å². The third-order valence-corrected chi connectivity index (χ3v) is 8.70. The molecule has 0 saturated carbocycles. The van der Waals surface area contributed by atoms with Crippen molar-refractivity contribution < 1.29 is 8.83 Å². The molecule has 9 aromatic rings. The molecule has 0 bridgehead atoms. The lowest BCUT2D eigenvalue weighted by atomic mass is 9.94. The minimum absolute atomic E-state index is 0.600. The van der Waals surface area contributed by atoms with E-state index in [0.29, 0.717) is 5.89 Å². The number of aromatic nitrogens is 1. The van der Waals surface area contributed by atoms with Crippen LogP contribution in [0, 0.1) is 0 Å². The number of hydrogen-bond acceptors (Lipinski definition) is 4. The molecule has 2 heterocycles. The molecule has 4 nitrogen and oxygen atoms in total. The summed E-state index contributed by atoms with van der Waals surface area (Å²) in [5.74, 6) is 0.600. The fourth-order valence-electron chi connectivity index (χ4n) is 6.45. The van der Waals surface area contributed by atoms with E-state index in [9.17, 15) is 0 Å². The number of nitrogens with zero attached hydrogens (tertiary/aromatic N) is 2. The first-order chi connectivity index (χ1) is 23.3. The van der Waals surface area contributed by atoms with E-state index in [1.54, 1.807) is 0 Å². The van der Waals surface area contributed by atoms with Crippen molar-refractivity contribution in [1.29, 1.82) is 0 Å². The van der Waals surface area contributed by atoms with Crippen molar-refractivity contribution in [3.63, 3.8) is 0 Å². The molecule has 9 rings (SSSR count). The SMILES string of the molecule is c1ccc(-c2nc3cc4oc5ccc(N(c6ccccc6)c6ccc(-c7ccccc7-c7ccccc7)cc6)cc5c4cc3o2)cc1. The van der Waals surface area contributed by atoms with E-state index in [1.807, 2.05) is 48.5 Å². The number of para-hydroxylation sites is 1. The van der Waals surface area contributed by atoms with E-state index in [2.05, 4.69) is 126 Å².